The van der Waals surface area contributed by atoms with E-state index in [4.69, 9.17) is 5.73 Å². The maximum absolute atomic E-state index is 12.1. The molecule has 1 aliphatic carbocycles. The largest absolute Gasteiger partial charge is 0.395 e. The van der Waals surface area contributed by atoms with Crippen molar-refractivity contribution in [1.82, 2.24) is 15.5 Å². The molecule has 1 aliphatic rings. The van der Waals surface area contributed by atoms with Gasteiger partial charge >= 0.3 is 0 Å². The standard InChI is InChI=1S/C15H26N4O/c1-3-5-6-10(4-2)9-17-15(20)14-12(16)13(18-19-14)11-7-8-11/h10-11H,3-9,16H2,1-2H3,(H,17,20)(H,18,19). The van der Waals surface area contributed by atoms with Crippen molar-refractivity contribution in [3.63, 3.8) is 0 Å². The minimum atomic E-state index is -0.152. The van der Waals surface area contributed by atoms with Gasteiger partial charge in [0.2, 0.25) is 0 Å². The summed E-state index contributed by atoms with van der Waals surface area (Å²) in [7, 11) is 0. The van der Waals surface area contributed by atoms with E-state index in [-0.39, 0.29) is 5.91 Å². The van der Waals surface area contributed by atoms with Crippen molar-refractivity contribution >= 4 is 11.6 Å². The van der Waals surface area contributed by atoms with Crippen molar-refractivity contribution in [3.8, 4) is 0 Å². The molecule has 1 aromatic rings. The number of anilines is 1. The van der Waals surface area contributed by atoms with E-state index >= 15 is 0 Å². The molecule has 0 aromatic carbocycles. The molecule has 0 saturated heterocycles. The summed E-state index contributed by atoms with van der Waals surface area (Å²) in [6.07, 6.45) is 6.94. The van der Waals surface area contributed by atoms with E-state index in [1.807, 2.05) is 0 Å². The predicted octanol–water partition coefficient (Wildman–Crippen LogP) is 2.82. The molecule has 5 nitrogen and oxygen atoms in total. The molecule has 1 aromatic heterocycles. The third-order valence-corrected chi connectivity index (χ3v) is 4.13. The molecular weight excluding hydrogens is 252 g/mol. The Labute approximate surface area is 120 Å². The number of amides is 1. The molecule has 1 atom stereocenters. The van der Waals surface area contributed by atoms with Crippen molar-refractivity contribution in [1.29, 1.82) is 0 Å². The third-order valence-electron chi connectivity index (χ3n) is 4.13. The van der Waals surface area contributed by atoms with Gasteiger partial charge in [-0.15, -0.1) is 0 Å². The summed E-state index contributed by atoms with van der Waals surface area (Å²) in [5, 5.41) is 9.97. The number of rotatable bonds is 8. The van der Waals surface area contributed by atoms with Crippen LogP contribution in [0.2, 0.25) is 0 Å². The number of unbranched alkanes of at least 4 members (excludes halogenated alkanes) is 1. The fraction of sp³-hybridized carbons (Fsp3) is 0.733. The number of aromatic nitrogens is 2. The number of nitrogen functional groups attached to an aromatic ring is 1. The molecule has 0 aliphatic heterocycles. The Bertz CT molecular complexity index is 451. The number of H-pyrrole nitrogens is 1. The first kappa shape index (κ1) is 14.9. The number of hydrogen-bond donors (Lipinski definition) is 3. The lowest BCUT2D eigenvalue weighted by atomic mass is 9.99. The van der Waals surface area contributed by atoms with Gasteiger partial charge in [0, 0.05) is 12.5 Å². The van der Waals surface area contributed by atoms with Crippen molar-refractivity contribution < 1.29 is 4.79 Å². The van der Waals surface area contributed by atoms with Crippen molar-refractivity contribution in [2.45, 2.75) is 58.3 Å². The van der Waals surface area contributed by atoms with Crippen LogP contribution in [0.25, 0.3) is 0 Å². The van der Waals surface area contributed by atoms with E-state index in [0.717, 1.165) is 31.4 Å². The monoisotopic (exact) mass is 278 g/mol. The summed E-state index contributed by atoms with van der Waals surface area (Å²) in [4.78, 5) is 12.1. The Morgan fingerprint density at radius 1 is 1.50 bits per heavy atom. The van der Waals surface area contributed by atoms with Crippen LogP contribution < -0.4 is 11.1 Å². The number of hydrogen-bond acceptors (Lipinski definition) is 3. The molecule has 1 amide bonds. The quantitative estimate of drug-likeness (QED) is 0.683. The zero-order valence-electron chi connectivity index (χ0n) is 12.5. The van der Waals surface area contributed by atoms with Crippen molar-refractivity contribution in [2.24, 2.45) is 5.92 Å². The van der Waals surface area contributed by atoms with Crippen LogP contribution in [-0.2, 0) is 0 Å². The minimum Gasteiger partial charge on any atom is -0.395 e. The number of aromatic amines is 1. The predicted molar refractivity (Wildman–Crippen MR) is 80.6 cm³/mol. The topological polar surface area (TPSA) is 83.8 Å². The summed E-state index contributed by atoms with van der Waals surface area (Å²) >= 11 is 0. The van der Waals surface area contributed by atoms with Crippen LogP contribution in [0.4, 0.5) is 5.69 Å². The van der Waals surface area contributed by atoms with Gasteiger partial charge in [-0.1, -0.05) is 33.1 Å². The lowest BCUT2D eigenvalue weighted by Gasteiger charge is -2.14. The first-order valence-electron chi connectivity index (χ1n) is 7.79. The number of nitrogens with zero attached hydrogens (tertiary/aromatic N) is 1. The lowest BCUT2D eigenvalue weighted by molar-refractivity contribution is 0.0941. The van der Waals surface area contributed by atoms with Gasteiger partial charge in [-0.3, -0.25) is 9.89 Å². The van der Waals surface area contributed by atoms with E-state index in [0.29, 0.717) is 29.8 Å². The zero-order chi connectivity index (χ0) is 14.5. The normalized spacial score (nSPS) is 16.1. The first-order chi connectivity index (χ1) is 9.67. The molecule has 1 fully saturated rings. The number of carbonyl (C=O) groups excluding carboxylic acids is 1. The van der Waals surface area contributed by atoms with Gasteiger partial charge in [0.15, 0.2) is 5.69 Å². The zero-order valence-corrected chi connectivity index (χ0v) is 12.5. The second-order valence-corrected chi connectivity index (χ2v) is 5.80. The second-order valence-electron chi connectivity index (χ2n) is 5.80. The highest BCUT2D eigenvalue weighted by Gasteiger charge is 2.30. The SMILES string of the molecule is CCCCC(CC)CNC(=O)c1n[nH]c(C2CC2)c1N. The second kappa shape index (κ2) is 6.77. The molecule has 4 N–H and O–H groups in total. The van der Waals surface area contributed by atoms with E-state index in [1.165, 1.54) is 12.8 Å². The van der Waals surface area contributed by atoms with Crippen LogP contribution in [0, 0.1) is 5.92 Å². The molecule has 112 valence electrons. The van der Waals surface area contributed by atoms with Crippen molar-refractivity contribution in [3.05, 3.63) is 11.4 Å². The summed E-state index contributed by atoms with van der Waals surface area (Å²) in [6.45, 7) is 5.07. The van der Waals surface area contributed by atoms with Gasteiger partial charge in [0.05, 0.1) is 11.4 Å². The Balaban J connectivity index is 1.87. The lowest BCUT2D eigenvalue weighted by Crippen LogP contribution is -2.30. The Hall–Kier alpha value is -1.52. The molecule has 1 saturated carbocycles. The summed E-state index contributed by atoms with van der Waals surface area (Å²) in [5.41, 5.74) is 7.84. The van der Waals surface area contributed by atoms with Gasteiger partial charge in [-0.05, 0) is 25.2 Å². The Kier molecular flexibility index (Phi) is 5.04. The van der Waals surface area contributed by atoms with Crippen LogP contribution in [0.3, 0.4) is 0 Å². The molecule has 1 unspecified atom stereocenters. The Morgan fingerprint density at radius 2 is 2.25 bits per heavy atom. The number of carbonyl (C=O) groups is 1. The van der Waals surface area contributed by atoms with Gasteiger partial charge in [0.25, 0.3) is 5.91 Å². The average Bonchev–Trinajstić information content (AvgIpc) is 3.22. The fourth-order valence-electron chi connectivity index (χ4n) is 2.48. The molecule has 2 rings (SSSR count). The highest BCUT2D eigenvalue weighted by Crippen LogP contribution is 2.42. The molecule has 0 spiro atoms. The average molecular weight is 278 g/mol. The smallest absolute Gasteiger partial charge is 0.273 e. The van der Waals surface area contributed by atoms with Crippen LogP contribution in [0.1, 0.15) is 74.5 Å². The van der Waals surface area contributed by atoms with Crippen molar-refractivity contribution in [2.75, 3.05) is 12.3 Å². The molecule has 20 heavy (non-hydrogen) atoms. The summed E-state index contributed by atoms with van der Waals surface area (Å²) < 4.78 is 0. The van der Waals surface area contributed by atoms with Gasteiger partial charge in [-0.2, -0.15) is 5.10 Å². The van der Waals surface area contributed by atoms with E-state index in [9.17, 15) is 4.79 Å². The third kappa shape index (κ3) is 3.52. The van der Waals surface area contributed by atoms with Crippen LogP contribution in [0.5, 0.6) is 0 Å². The molecule has 5 heteroatoms. The molecular formula is C15H26N4O. The summed E-state index contributed by atoms with van der Waals surface area (Å²) in [6, 6.07) is 0. The molecule has 1 heterocycles. The number of nitrogens with one attached hydrogen (secondary N) is 2. The van der Waals surface area contributed by atoms with Crippen LogP contribution >= 0.6 is 0 Å². The van der Waals surface area contributed by atoms with Crippen LogP contribution in [-0.4, -0.2) is 22.6 Å². The van der Waals surface area contributed by atoms with Gasteiger partial charge in [-0.25, -0.2) is 0 Å². The molecule has 0 bridgehead atoms. The Morgan fingerprint density at radius 3 is 2.85 bits per heavy atom. The minimum absolute atomic E-state index is 0.152. The van der Waals surface area contributed by atoms with Crippen LogP contribution in [0.15, 0.2) is 0 Å². The highest BCUT2D eigenvalue weighted by molar-refractivity contribution is 5.97. The van der Waals surface area contributed by atoms with E-state index in [2.05, 4.69) is 29.4 Å². The fourth-order valence-corrected chi connectivity index (χ4v) is 2.48. The molecule has 0 radical (unpaired) electrons. The van der Waals surface area contributed by atoms with E-state index < -0.39 is 0 Å². The summed E-state index contributed by atoms with van der Waals surface area (Å²) in [5.74, 6) is 0.875. The van der Waals surface area contributed by atoms with Gasteiger partial charge < -0.3 is 11.1 Å². The number of nitrogens with two attached hydrogens (primary N) is 1. The maximum Gasteiger partial charge on any atom is 0.273 e. The maximum atomic E-state index is 12.1. The van der Waals surface area contributed by atoms with Gasteiger partial charge in [0.1, 0.15) is 0 Å². The highest BCUT2D eigenvalue weighted by atomic mass is 16.1. The first-order valence-corrected chi connectivity index (χ1v) is 7.79. The van der Waals surface area contributed by atoms with E-state index in [1.54, 1.807) is 0 Å².